The van der Waals surface area contributed by atoms with E-state index in [1.807, 2.05) is 44.1 Å². The SMILES string of the molecule is Cc1cc(NC(=O)[C@H](C)N=C2NS(=O)(=O)c3ccccc32)ccc1N(C)C. The molecular weight excluding hydrogens is 364 g/mol. The number of hydrogen-bond donors (Lipinski definition) is 2. The number of hydrogen-bond acceptors (Lipinski definition) is 5. The van der Waals surface area contributed by atoms with Gasteiger partial charge in [0, 0.05) is 31.0 Å². The maximum atomic E-state index is 12.5. The third-order valence-electron chi connectivity index (χ3n) is 4.31. The molecule has 1 amide bonds. The largest absolute Gasteiger partial charge is 0.377 e. The Morgan fingerprint density at radius 1 is 1.19 bits per heavy atom. The number of aliphatic imine (C=N–C) groups is 1. The summed E-state index contributed by atoms with van der Waals surface area (Å²) in [6.07, 6.45) is 0. The molecule has 0 unspecified atom stereocenters. The van der Waals surface area contributed by atoms with E-state index in [9.17, 15) is 13.2 Å². The van der Waals surface area contributed by atoms with Crippen molar-refractivity contribution in [3.8, 4) is 0 Å². The van der Waals surface area contributed by atoms with Crippen LogP contribution in [0.25, 0.3) is 0 Å². The van der Waals surface area contributed by atoms with Crippen molar-refractivity contribution < 1.29 is 13.2 Å². The van der Waals surface area contributed by atoms with Gasteiger partial charge >= 0.3 is 0 Å². The maximum Gasteiger partial charge on any atom is 0.263 e. The molecule has 1 atom stereocenters. The van der Waals surface area contributed by atoms with Crippen molar-refractivity contribution in [2.45, 2.75) is 24.8 Å². The second kappa shape index (κ2) is 7.03. The van der Waals surface area contributed by atoms with Crippen LogP contribution in [0.1, 0.15) is 18.1 Å². The lowest BCUT2D eigenvalue weighted by atomic mass is 10.1. The summed E-state index contributed by atoms with van der Waals surface area (Å²) in [5, 5.41) is 2.83. The van der Waals surface area contributed by atoms with Crippen LogP contribution < -0.4 is 14.9 Å². The van der Waals surface area contributed by atoms with E-state index in [0.29, 0.717) is 11.3 Å². The summed E-state index contributed by atoms with van der Waals surface area (Å²) in [7, 11) is 0.295. The molecule has 1 aliphatic rings. The molecule has 0 saturated carbocycles. The van der Waals surface area contributed by atoms with Crippen LogP contribution in [-0.2, 0) is 14.8 Å². The van der Waals surface area contributed by atoms with Crippen LogP contribution in [0.4, 0.5) is 11.4 Å². The van der Waals surface area contributed by atoms with Crippen LogP contribution in [0.15, 0.2) is 52.4 Å². The van der Waals surface area contributed by atoms with Gasteiger partial charge in [0.05, 0.1) is 4.90 Å². The molecule has 0 spiro atoms. The van der Waals surface area contributed by atoms with E-state index in [2.05, 4.69) is 15.0 Å². The second-order valence-electron chi connectivity index (χ2n) is 6.64. The Hall–Kier alpha value is -2.87. The predicted octanol–water partition coefficient (Wildman–Crippen LogP) is 2.13. The van der Waals surface area contributed by atoms with Gasteiger partial charge in [-0.15, -0.1) is 0 Å². The predicted molar refractivity (Wildman–Crippen MR) is 107 cm³/mol. The Balaban J connectivity index is 1.79. The van der Waals surface area contributed by atoms with Crippen molar-refractivity contribution in [3.05, 3.63) is 53.6 Å². The van der Waals surface area contributed by atoms with Gasteiger partial charge in [0.15, 0.2) is 0 Å². The summed E-state index contributed by atoms with van der Waals surface area (Å²) >= 11 is 0. The van der Waals surface area contributed by atoms with Crippen LogP contribution in [0.2, 0.25) is 0 Å². The van der Waals surface area contributed by atoms with Crippen LogP contribution >= 0.6 is 0 Å². The third kappa shape index (κ3) is 3.80. The molecule has 0 aliphatic carbocycles. The molecular formula is C19H22N4O3S. The zero-order chi connectivity index (χ0) is 19.8. The Morgan fingerprint density at radius 2 is 1.89 bits per heavy atom. The average molecular weight is 386 g/mol. The Labute approximate surface area is 159 Å². The summed E-state index contributed by atoms with van der Waals surface area (Å²) in [4.78, 5) is 19.0. The van der Waals surface area contributed by atoms with Gasteiger partial charge in [0.25, 0.3) is 10.0 Å². The number of nitrogens with one attached hydrogen (secondary N) is 2. The van der Waals surface area contributed by atoms with Gasteiger partial charge in [0.1, 0.15) is 11.9 Å². The van der Waals surface area contributed by atoms with Gasteiger partial charge in [-0.05, 0) is 49.7 Å². The molecule has 27 heavy (non-hydrogen) atoms. The number of rotatable bonds is 4. The van der Waals surface area contributed by atoms with Gasteiger partial charge in [-0.2, -0.15) is 0 Å². The minimum Gasteiger partial charge on any atom is -0.377 e. The zero-order valence-corrected chi connectivity index (χ0v) is 16.5. The van der Waals surface area contributed by atoms with Gasteiger partial charge in [-0.25, -0.2) is 8.42 Å². The summed E-state index contributed by atoms with van der Waals surface area (Å²) in [5.74, 6) is -0.129. The van der Waals surface area contributed by atoms with Crippen molar-refractivity contribution in [3.63, 3.8) is 0 Å². The fourth-order valence-electron chi connectivity index (χ4n) is 2.96. The number of carbonyl (C=O) groups excluding carboxylic acids is 1. The molecule has 0 saturated heterocycles. The first-order chi connectivity index (χ1) is 12.7. The van der Waals surface area contributed by atoms with Gasteiger partial charge in [-0.3, -0.25) is 14.5 Å². The van der Waals surface area contributed by atoms with E-state index in [0.717, 1.165) is 11.3 Å². The highest BCUT2D eigenvalue weighted by molar-refractivity contribution is 7.90. The number of carbonyl (C=O) groups is 1. The lowest BCUT2D eigenvalue weighted by molar-refractivity contribution is -0.117. The highest BCUT2D eigenvalue weighted by Gasteiger charge is 2.31. The molecule has 1 heterocycles. The minimum atomic E-state index is -3.62. The lowest BCUT2D eigenvalue weighted by Crippen LogP contribution is -2.29. The first-order valence-electron chi connectivity index (χ1n) is 8.48. The number of amides is 1. The number of benzene rings is 2. The van der Waals surface area contributed by atoms with Gasteiger partial charge in [0.2, 0.25) is 5.91 Å². The van der Waals surface area contributed by atoms with E-state index in [1.165, 1.54) is 6.07 Å². The number of fused-ring (bicyclic) bond motifs is 1. The van der Waals surface area contributed by atoms with Crippen molar-refractivity contribution in [2.24, 2.45) is 4.99 Å². The minimum absolute atomic E-state index is 0.172. The second-order valence-corrected chi connectivity index (χ2v) is 8.29. The maximum absolute atomic E-state index is 12.5. The molecule has 0 bridgehead atoms. The van der Waals surface area contributed by atoms with E-state index in [4.69, 9.17) is 0 Å². The smallest absolute Gasteiger partial charge is 0.263 e. The molecule has 142 valence electrons. The lowest BCUT2D eigenvalue weighted by Gasteiger charge is -2.17. The average Bonchev–Trinajstić information content (AvgIpc) is 2.85. The van der Waals surface area contributed by atoms with Gasteiger partial charge in [-0.1, -0.05) is 12.1 Å². The Bertz CT molecular complexity index is 1030. The van der Waals surface area contributed by atoms with Crippen LogP contribution in [-0.4, -0.2) is 40.3 Å². The quantitative estimate of drug-likeness (QED) is 0.842. The first-order valence-corrected chi connectivity index (χ1v) is 9.96. The summed E-state index contributed by atoms with van der Waals surface area (Å²) < 4.78 is 26.7. The summed E-state index contributed by atoms with van der Waals surface area (Å²) in [6, 6.07) is 11.5. The van der Waals surface area contributed by atoms with E-state index in [-0.39, 0.29) is 16.6 Å². The van der Waals surface area contributed by atoms with E-state index in [1.54, 1.807) is 25.1 Å². The van der Waals surface area contributed by atoms with Crippen molar-refractivity contribution in [1.82, 2.24) is 4.72 Å². The fraction of sp³-hybridized carbons (Fsp3) is 0.263. The topological polar surface area (TPSA) is 90.9 Å². The Kier molecular flexibility index (Phi) is 4.93. The molecule has 7 nitrogen and oxygen atoms in total. The van der Waals surface area contributed by atoms with Crippen molar-refractivity contribution in [1.29, 1.82) is 0 Å². The molecule has 0 radical (unpaired) electrons. The number of nitrogens with zero attached hydrogens (tertiary/aromatic N) is 2. The highest BCUT2D eigenvalue weighted by Crippen LogP contribution is 2.24. The number of aryl methyl sites for hydroxylation is 1. The molecule has 0 aromatic heterocycles. The molecule has 2 aromatic rings. The van der Waals surface area contributed by atoms with Crippen molar-refractivity contribution >= 4 is 33.1 Å². The summed E-state index contributed by atoms with van der Waals surface area (Å²) in [6.45, 7) is 3.59. The van der Waals surface area contributed by atoms with E-state index >= 15 is 0 Å². The van der Waals surface area contributed by atoms with E-state index < -0.39 is 16.1 Å². The molecule has 1 aliphatic heterocycles. The van der Waals surface area contributed by atoms with Crippen LogP contribution in [0, 0.1) is 6.92 Å². The third-order valence-corrected chi connectivity index (χ3v) is 5.71. The number of sulfonamides is 1. The van der Waals surface area contributed by atoms with Gasteiger partial charge < -0.3 is 10.2 Å². The fourth-order valence-corrected chi connectivity index (χ4v) is 4.20. The molecule has 2 N–H and O–H groups in total. The van der Waals surface area contributed by atoms with Crippen molar-refractivity contribution in [2.75, 3.05) is 24.3 Å². The highest BCUT2D eigenvalue weighted by atomic mass is 32.2. The molecule has 0 fully saturated rings. The molecule has 2 aromatic carbocycles. The van der Waals surface area contributed by atoms with Crippen LogP contribution in [0.5, 0.6) is 0 Å². The Morgan fingerprint density at radius 3 is 2.56 bits per heavy atom. The molecule has 3 rings (SSSR count). The zero-order valence-electron chi connectivity index (χ0n) is 15.6. The number of anilines is 2. The standard InChI is InChI=1S/C19H22N4O3S/c1-12-11-14(9-10-16(12)23(3)4)21-19(24)13(2)20-18-15-7-5-6-8-17(15)27(25,26)22-18/h5-11,13H,1-4H3,(H,20,22)(H,21,24)/t13-/m0/s1. The normalized spacial score (nSPS) is 17.1. The summed E-state index contributed by atoms with van der Waals surface area (Å²) in [5.41, 5.74) is 3.25. The molecule has 8 heteroatoms. The number of amidine groups is 1. The van der Waals surface area contributed by atoms with Crippen LogP contribution in [0.3, 0.4) is 0 Å². The monoisotopic (exact) mass is 386 g/mol. The first kappa shape index (κ1) is 18.9.